The molecule has 2 aromatic rings. The van der Waals surface area contributed by atoms with Crippen LogP contribution in [-0.2, 0) is 0 Å². The summed E-state index contributed by atoms with van der Waals surface area (Å²) in [6.45, 7) is 0.184. The molecular weight excluding hydrogens is 388 g/mol. The van der Waals surface area contributed by atoms with Gasteiger partial charge in [0.2, 0.25) is 0 Å². The minimum absolute atomic E-state index is 0.184. The maximum atomic E-state index is 11.8. The monoisotopic (exact) mass is 398 g/mol. The van der Waals surface area contributed by atoms with Gasteiger partial charge in [-0.3, -0.25) is 10.2 Å². The summed E-state index contributed by atoms with van der Waals surface area (Å²) in [6.07, 6.45) is 0. The number of hydrogen-bond donors (Lipinski definition) is 2. The Balaban J connectivity index is 1.74. The molecule has 104 valence electrons. The Morgan fingerprint density at radius 2 is 1.50 bits per heavy atom. The van der Waals surface area contributed by atoms with E-state index in [0.717, 1.165) is 14.7 Å². The Morgan fingerprint density at radius 1 is 0.950 bits per heavy atom. The molecule has 4 nitrogen and oxygen atoms in total. The summed E-state index contributed by atoms with van der Waals surface area (Å²) in [7, 11) is 0. The van der Waals surface area contributed by atoms with Gasteiger partial charge in [-0.1, -0.05) is 31.9 Å². The summed E-state index contributed by atoms with van der Waals surface area (Å²) in [5.41, 5.74) is 5.85. The third-order valence-electron chi connectivity index (χ3n) is 2.43. The minimum Gasteiger partial charge on any atom is -0.477 e. The highest BCUT2D eigenvalue weighted by Gasteiger charge is 2.03. The van der Waals surface area contributed by atoms with Crippen molar-refractivity contribution < 1.29 is 9.53 Å². The molecule has 0 unspecified atom stereocenters. The van der Waals surface area contributed by atoms with E-state index in [1.165, 1.54) is 0 Å². The van der Waals surface area contributed by atoms with Crippen LogP contribution in [0, 0.1) is 0 Å². The molecule has 0 heterocycles. The number of amides is 1. The van der Waals surface area contributed by atoms with Crippen molar-refractivity contribution in [2.75, 3.05) is 6.73 Å². The molecule has 0 radical (unpaired) electrons. The summed E-state index contributed by atoms with van der Waals surface area (Å²) in [4.78, 5) is 11.8. The van der Waals surface area contributed by atoms with Crippen molar-refractivity contribution in [2.45, 2.75) is 0 Å². The second-order valence-corrected chi connectivity index (χ2v) is 5.71. The quantitative estimate of drug-likeness (QED) is 0.459. The fraction of sp³-hybridized carbons (Fsp3) is 0.0714. The molecule has 0 spiro atoms. The van der Waals surface area contributed by atoms with E-state index in [0.29, 0.717) is 5.56 Å². The number of halogens is 2. The Labute approximate surface area is 133 Å². The first kappa shape index (κ1) is 15.0. The molecule has 2 rings (SSSR count). The van der Waals surface area contributed by atoms with Crippen LogP contribution in [0.5, 0.6) is 5.75 Å². The lowest BCUT2D eigenvalue weighted by Gasteiger charge is -2.09. The Bertz CT molecular complexity index is 571. The molecule has 0 aliphatic rings. The van der Waals surface area contributed by atoms with Gasteiger partial charge in [0.25, 0.3) is 5.91 Å². The van der Waals surface area contributed by atoms with Gasteiger partial charge in [-0.15, -0.1) is 0 Å². The molecule has 0 bridgehead atoms. The third-order valence-corrected chi connectivity index (χ3v) is 3.49. The molecule has 0 aliphatic heterocycles. The van der Waals surface area contributed by atoms with Gasteiger partial charge < -0.3 is 4.74 Å². The maximum Gasteiger partial charge on any atom is 0.265 e. The van der Waals surface area contributed by atoms with Crippen LogP contribution in [0.3, 0.4) is 0 Å². The van der Waals surface area contributed by atoms with E-state index in [9.17, 15) is 4.79 Å². The molecule has 20 heavy (non-hydrogen) atoms. The summed E-state index contributed by atoms with van der Waals surface area (Å²) < 4.78 is 7.33. The Kier molecular flexibility index (Phi) is 5.58. The summed E-state index contributed by atoms with van der Waals surface area (Å²) >= 11 is 6.66. The van der Waals surface area contributed by atoms with Gasteiger partial charge >= 0.3 is 0 Å². The largest absolute Gasteiger partial charge is 0.477 e. The molecule has 0 saturated carbocycles. The first-order valence-electron chi connectivity index (χ1n) is 5.82. The van der Waals surface area contributed by atoms with Gasteiger partial charge in [0.1, 0.15) is 5.75 Å². The molecule has 2 N–H and O–H groups in total. The molecule has 2 aromatic carbocycles. The van der Waals surface area contributed by atoms with Crippen molar-refractivity contribution in [2.24, 2.45) is 0 Å². The van der Waals surface area contributed by atoms with Crippen LogP contribution in [-0.4, -0.2) is 12.6 Å². The summed E-state index contributed by atoms with van der Waals surface area (Å²) in [5.74, 6) is 0.510. The van der Waals surface area contributed by atoms with Crippen LogP contribution in [0.2, 0.25) is 0 Å². The second kappa shape index (κ2) is 7.42. The second-order valence-electron chi connectivity index (χ2n) is 3.88. The molecule has 0 aromatic heterocycles. The zero-order chi connectivity index (χ0) is 14.4. The predicted molar refractivity (Wildman–Crippen MR) is 84.4 cm³/mol. The highest BCUT2D eigenvalue weighted by Crippen LogP contribution is 2.15. The van der Waals surface area contributed by atoms with Gasteiger partial charge in [-0.2, -0.15) is 5.43 Å². The van der Waals surface area contributed by atoms with E-state index >= 15 is 0 Å². The zero-order valence-corrected chi connectivity index (χ0v) is 13.6. The maximum absolute atomic E-state index is 11.8. The van der Waals surface area contributed by atoms with Crippen LogP contribution >= 0.6 is 31.9 Å². The van der Waals surface area contributed by atoms with Gasteiger partial charge in [-0.05, 0) is 48.5 Å². The SMILES string of the molecule is O=C(NNCOc1ccc(Br)cc1)c1ccc(Br)cc1. The van der Waals surface area contributed by atoms with Crippen molar-refractivity contribution in [1.29, 1.82) is 0 Å². The smallest absolute Gasteiger partial charge is 0.265 e. The number of nitrogens with one attached hydrogen (secondary N) is 2. The number of ether oxygens (including phenoxy) is 1. The number of benzene rings is 2. The van der Waals surface area contributed by atoms with Crippen LogP contribution < -0.4 is 15.6 Å². The lowest BCUT2D eigenvalue weighted by atomic mass is 10.2. The van der Waals surface area contributed by atoms with Crippen molar-refractivity contribution in [1.82, 2.24) is 10.9 Å². The first-order valence-corrected chi connectivity index (χ1v) is 7.41. The van der Waals surface area contributed by atoms with Crippen molar-refractivity contribution in [3.05, 3.63) is 63.0 Å². The highest BCUT2D eigenvalue weighted by molar-refractivity contribution is 9.10. The van der Waals surface area contributed by atoms with Crippen LogP contribution in [0.25, 0.3) is 0 Å². The van der Waals surface area contributed by atoms with E-state index in [-0.39, 0.29) is 12.6 Å². The van der Waals surface area contributed by atoms with Crippen LogP contribution in [0.4, 0.5) is 0 Å². The van der Waals surface area contributed by atoms with E-state index in [4.69, 9.17) is 4.74 Å². The van der Waals surface area contributed by atoms with E-state index in [2.05, 4.69) is 42.7 Å². The summed E-state index contributed by atoms with van der Waals surface area (Å²) in [6, 6.07) is 14.5. The zero-order valence-electron chi connectivity index (χ0n) is 10.4. The van der Waals surface area contributed by atoms with Gasteiger partial charge in [0.05, 0.1) is 0 Å². The van der Waals surface area contributed by atoms with Crippen molar-refractivity contribution in [3.8, 4) is 5.75 Å². The normalized spacial score (nSPS) is 10.1. The average molecular weight is 400 g/mol. The lowest BCUT2D eigenvalue weighted by Crippen LogP contribution is -2.39. The third kappa shape index (κ3) is 4.63. The fourth-order valence-corrected chi connectivity index (χ4v) is 1.97. The molecule has 0 fully saturated rings. The number of carbonyl (C=O) groups is 1. The number of hydrogen-bond acceptors (Lipinski definition) is 3. The Hall–Kier alpha value is -1.37. The molecule has 0 atom stereocenters. The summed E-state index contributed by atoms with van der Waals surface area (Å²) in [5, 5.41) is 0. The molecular formula is C14H12Br2N2O2. The molecule has 0 saturated heterocycles. The minimum atomic E-state index is -0.211. The average Bonchev–Trinajstić information content (AvgIpc) is 2.46. The van der Waals surface area contributed by atoms with Gasteiger partial charge in [0.15, 0.2) is 6.73 Å². The molecule has 1 amide bonds. The highest BCUT2D eigenvalue weighted by atomic mass is 79.9. The fourth-order valence-electron chi connectivity index (χ4n) is 1.44. The number of carbonyl (C=O) groups excluding carboxylic acids is 1. The van der Waals surface area contributed by atoms with E-state index in [1.54, 1.807) is 12.1 Å². The van der Waals surface area contributed by atoms with Gasteiger partial charge in [-0.25, -0.2) is 0 Å². The number of rotatable bonds is 5. The van der Waals surface area contributed by atoms with E-state index in [1.807, 2.05) is 36.4 Å². The number of hydrazine groups is 1. The van der Waals surface area contributed by atoms with Gasteiger partial charge in [0, 0.05) is 14.5 Å². The lowest BCUT2D eigenvalue weighted by molar-refractivity contribution is 0.0914. The molecule has 0 aliphatic carbocycles. The Morgan fingerprint density at radius 3 is 2.10 bits per heavy atom. The van der Waals surface area contributed by atoms with Crippen LogP contribution in [0.1, 0.15) is 10.4 Å². The first-order chi connectivity index (χ1) is 9.65. The van der Waals surface area contributed by atoms with E-state index < -0.39 is 0 Å². The molecule has 6 heteroatoms. The van der Waals surface area contributed by atoms with Crippen molar-refractivity contribution in [3.63, 3.8) is 0 Å². The van der Waals surface area contributed by atoms with Crippen molar-refractivity contribution >= 4 is 37.8 Å². The topological polar surface area (TPSA) is 50.4 Å². The standard InChI is InChI=1S/C14H12Br2N2O2/c15-11-3-1-10(2-4-11)14(19)18-17-9-20-13-7-5-12(16)6-8-13/h1-8,17H,9H2,(H,18,19). The van der Waals surface area contributed by atoms with Crippen LogP contribution in [0.15, 0.2) is 57.5 Å². The predicted octanol–water partition coefficient (Wildman–Crippen LogP) is 3.48.